The predicted molar refractivity (Wildman–Crippen MR) is 186 cm³/mol. The van der Waals surface area contributed by atoms with Gasteiger partial charge in [-0.15, -0.1) is 0 Å². The Balaban J connectivity index is 1.79. The Hall–Kier alpha value is -4.14. The number of aliphatic hydroxyl groups is 1. The lowest BCUT2D eigenvalue weighted by Gasteiger charge is -2.41. The van der Waals surface area contributed by atoms with Crippen molar-refractivity contribution in [1.82, 2.24) is 25.4 Å². The van der Waals surface area contributed by atoms with Crippen LogP contribution in [0.2, 0.25) is 0 Å². The number of rotatable bonds is 17. The van der Waals surface area contributed by atoms with Crippen LogP contribution in [0.25, 0.3) is 11.1 Å². The van der Waals surface area contributed by atoms with Gasteiger partial charge in [0.25, 0.3) is 0 Å². The predicted octanol–water partition coefficient (Wildman–Crippen LogP) is 3.24. The van der Waals surface area contributed by atoms with Gasteiger partial charge in [-0.3, -0.25) is 19.2 Å². The van der Waals surface area contributed by atoms with Gasteiger partial charge >= 0.3 is 0 Å². The van der Waals surface area contributed by atoms with Gasteiger partial charge in [-0.05, 0) is 48.1 Å². The van der Waals surface area contributed by atoms with E-state index in [1.165, 1.54) is 4.90 Å². The van der Waals surface area contributed by atoms with Gasteiger partial charge in [-0.2, -0.15) is 0 Å². The summed E-state index contributed by atoms with van der Waals surface area (Å²) in [5.74, 6) is -2.89. The molecule has 14 heteroatoms. The van der Waals surface area contributed by atoms with E-state index in [-0.39, 0.29) is 55.3 Å². The van der Waals surface area contributed by atoms with Crippen LogP contribution in [-0.2, 0) is 25.7 Å². The van der Waals surface area contributed by atoms with E-state index in [0.29, 0.717) is 24.2 Å². The lowest BCUT2D eigenvalue weighted by atomic mass is 9.82. The minimum atomic E-state index is -0.989. The highest BCUT2D eigenvalue weighted by Gasteiger charge is 2.37. The number of hydrogen-bond donors (Lipinski definition) is 5. The highest BCUT2D eigenvalue weighted by atomic mass is 79.9. The fourth-order valence-corrected chi connectivity index (χ4v) is 5.66. The molecule has 0 saturated heterocycles. The number of halogens is 3. The molecule has 266 valence electrons. The highest BCUT2D eigenvalue weighted by Crippen LogP contribution is 2.41. The average molecular weight is 748 g/mol. The maximum absolute atomic E-state index is 15.0. The van der Waals surface area contributed by atoms with Gasteiger partial charge in [0.05, 0.1) is 24.0 Å². The van der Waals surface area contributed by atoms with Crippen LogP contribution in [0.5, 0.6) is 0 Å². The quantitative estimate of drug-likeness (QED) is 0.105. The molecule has 0 aliphatic carbocycles. The number of nitrogens with one attached hydrogen (secondary N) is 3. The molecule has 1 aromatic heterocycles. The van der Waals surface area contributed by atoms with Crippen LogP contribution in [0.4, 0.5) is 8.78 Å². The monoisotopic (exact) mass is 746 g/mol. The van der Waals surface area contributed by atoms with E-state index < -0.39 is 47.6 Å². The minimum absolute atomic E-state index is 0.0201. The van der Waals surface area contributed by atoms with Gasteiger partial charge in [-0.25, -0.2) is 8.78 Å². The molecular weight excluding hydrogens is 702 g/mol. The second-order valence-electron chi connectivity index (χ2n) is 12.7. The Morgan fingerprint density at radius 1 is 0.980 bits per heavy atom. The third-order valence-electron chi connectivity index (χ3n) is 7.79. The average Bonchev–Trinajstić information content (AvgIpc) is 3.47. The SMILES string of the molecule is CC(C)(C)C(c1cc(-c2cc(F)ccc2F)cn1Cc1ccccc1)N(CC[C@H](N)C(=O)NCCCNC(=O)CNC(=O)CBr)C(=O)CO. The molecule has 11 nitrogen and oxygen atoms in total. The standard InChI is InChI=1S/C35H45BrF2N6O5/c1-35(2,3)33(29-16-24(26-17-25(37)10-11-27(26)38)21-43(29)20-23-8-5-4-6-9-23)44(32(48)22-45)15-12-28(39)34(49)41-14-7-13-40-31(47)19-42-30(46)18-36/h4-6,8-11,16-17,21,28,33,45H,7,12-15,18-20,22,39H2,1-3H3,(H,40,47)(H,41,49)(H,42,46)/t28-,33?/m0/s1. The Morgan fingerprint density at radius 3 is 2.33 bits per heavy atom. The third kappa shape index (κ3) is 11.8. The van der Waals surface area contributed by atoms with Crippen LogP contribution in [0, 0.1) is 17.0 Å². The van der Waals surface area contributed by atoms with Crippen LogP contribution in [0.15, 0.2) is 60.8 Å². The summed E-state index contributed by atoms with van der Waals surface area (Å²) in [5, 5.41) is 17.9. The van der Waals surface area contributed by atoms with E-state index in [9.17, 15) is 33.1 Å². The van der Waals surface area contributed by atoms with Crippen molar-refractivity contribution in [2.75, 3.05) is 38.1 Å². The molecule has 6 N–H and O–H groups in total. The fourth-order valence-electron chi connectivity index (χ4n) is 5.46. The molecule has 0 fully saturated rings. The molecule has 1 heterocycles. The number of amides is 4. The molecule has 0 radical (unpaired) electrons. The van der Waals surface area contributed by atoms with Crippen molar-refractivity contribution in [1.29, 1.82) is 0 Å². The summed E-state index contributed by atoms with van der Waals surface area (Å²) < 4.78 is 31.1. The molecule has 0 aliphatic heterocycles. The number of alkyl halides is 1. The van der Waals surface area contributed by atoms with E-state index >= 15 is 0 Å². The Kier molecular flexibility index (Phi) is 14.9. The first-order valence-corrected chi connectivity index (χ1v) is 17.1. The molecule has 4 amide bonds. The molecule has 3 aromatic rings. The van der Waals surface area contributed by atoms with Crippen LogP contribution < -0.4 is 21.7 Å². The normalized spacial score (nSPS) is 12.6. The lowest BCUT2D eigenvalue weighted by Crippen LogP contribution is -2.47. The van der Waals surface area contributed by atoms with Gasteiger partial charge < -0.3 is 36.3 Å². The summed E-state index contributed by atoms with van der Waals surface area (Å²) >= 11 is 3.00. The largest absolute Gasteiger partial charge is 0.387 e. The Bertz CT molecular complexity index is 1580. The molecular formula is C35H45BrF2N6O5. The molecule has 2 atom stereocenters. The van der Waals surface area contributed by atoms with Crippen LogP contribution in [-0.4, -0.2) is 82.4 Å². The van der Waals surface area contributed by atoms with Gasteiger partial charge in [-0.1, -0.05) is 67.0 Å². The molecule has 2 aromatic carbocycles. The van der Waals surface area contributed by atoms with Crippen molar-refractivity contribution in [3.05, 3.63) is 83.7 Å². The molecule has 0 spiro atoms. The molecule has 1 unspecified atom stereocenters. The van der Waals surface area contributed by atoms with Crippen molar-refractivity contribution < 1.29 is 33.1 Å². The van der Waals surface area contributed by atoms with Gasteiger partial charge in [0.15, 0.2) is 0 Å². The first kappa shape index (κ1) is 39.3. The fraction of sp³-hybridized carbons (Fsp3) is 0.429. The topological polar surface area (TPSA) is 159 Å². The maximum atomic E-state index is 15.0. The molecule has 0 bridgehead atoms. The second kappa shape index (κ2) is 18.6. The van der Waals surface area contributed by atoms with Gasteiger partial charge in [0.2, 0.25) is 23.6 Å². The smallest absolute Gasteiger partial charge is 0.248 e. The lowest BCUT2D eigenvalue weighted by molar-refractivity contribution is -0.140. The first-order valence-electron chi connectivity index (χ1n) is 16.0. The first-order chi connectivity index (χ1) is 23.2. The summed E-state index contributed by atoms with van der Waals surface area (Å²) in [4.78, 5) is 50.7. The van der Waals surface area contributed by atoms with Crippen molar-refractivity contribution in [3.63, 3.8) is 0 Å². The maximum Gasteiger partial charge on any atom is 0.248 e. The van der Waals surface area contributed by atoms with Crippen molar-refractivity contribution in [3.8, 4) is 11.1 Å². The number of carbonyl (C=O) groups excluding carboxylic acids is 4. The summed E-state index contributed by atoms with van der Waals surface area (Å²) in [6.45, 7) is 5.74. The number of aliphatic hydroxyl groups excluding tert-OH is 1. The number of aromatic nitrogens is 1. The Morgan fingerprint density at radius 2 is 1.67 bits per heavy atom. The summed E-state index contributed by atoms with van der Waals surface area (Å²) in [5.41, 5.74) is 7.67. The van der Waals surface area contributed by atoms with E-state index in [1.54, 1.807) is 12.3 Å². The van der Waals surface area contributed by atoms with Gasteiger partial charge in [0.1, 0.15) is 18.2 Å². The number of nitrogens with two attached hydrogens (primary N) is 1. The van der Waals surface area contributed by atoms with E-state index in [0.717, 1.165) is 23.8 Å². The van der Waals surface area contributed by atoms with Gasteiger partial charge in [0, 0.05) is 49.2 Å². The summed E-state index contributed by atoms with van der Waals surface area (Å²) in [6.07, 6.45) is 2.21. The third-order valence-corrected chi connectivity index (χ3v) is 8.30. The van der Waals surface area contributed by atoms with E-state index in [4.69, 9.17) is 5.73 Å². The molecule has 49 heavy (non-hydrogen) atoms. The van der Waals surface area contributed by atoms with E-state index in [2.05, 4.69) is 31.9 Å². The summed E-state index contributed by atoms with van der Waals surface area (Å²) in [7, 11) is 0. The van der Waals surface area contributed by atoms with Crippen molar-refractivity contribution >= 4 is 39.6 Å². The van der Waals surface area contributed by atoms with E-state index in [1.807, 2.05) is 55.7 Å². The number of nitrogens with zero attached hydrogens (tertiary/aromatic N) is 2. The zero-order chi connectivity index (χ0) is 36.1. The molecule has 0 saturated carbocycles. The second-order valence-corrected chi connectivity index (χ2v) is 13.3. The number of carbonyl (C=O) groups is 4. The van der Waals surface area contributed by atoms with Crippen LogP contribution in [0.1, 0.15) is 50.9 Å². The van der Waals surface area contributed by atoms with Crippen LogP contribution >= 0.6 is 15.9 Å². The highest BCUT2D eigenvalue weighted by molar-refractivity contribution is 9.09. The van der Waals surface area contributed by atoms with Crippen molar-refractivity contribution in [2.45, 2.75) is 52.2 Å². The van der Waals surface area contributed by atoms with Crippen LogP contribution in [0.3, 0.4) is 0 Å². The molecule has 0 aliphatic rings. The number of benzene rings is 2. The summed E-state index contributed by atoms with van der Waals surface area (Å²) in [6, 6.07) is 12.9. The Labute approximate surface area is 293 Å². The zero-order valence-electron chi connectivity index (χ0n) is 28.0. The molecule has 3 rings (SSSR count). The van der Waals surface area contributed by atoms with Crippen molar-refractivity contribution in [2.24, 2.45) is 11.1 Å². The number of hydrogen-bond acceptors (Lipinski definition) is 6. The minimum Gasteiger partial charge on any atom is -0.387 e. The zero-order valence-corrected chi connectivity index (χ0v) is 29.6.